The third-order valence-corrected chi connectivity index (χ3v) is 3.70. The Hall–Kier alpha value is -2.89. The van der Waals surface area contributed by atoms with Crippen LogP contribution in [0.15, 0.2) is 54.9 Å². The number of pyridine rings is 1. The van der Waals surface area contributed by atoms with E-state index in [1.807, 2.05) is 0 Å². The molecule has 0 saturated heterocycles. The van der Waals surface area contributed by atoms with Crippen LogP contribution in [0.5, 0.6) is 0 Å². The Labute approximate surface area is 135 Å². The average Bonchev–Trinajstić information content (AvgIpc) is 2.59. The van der Waals surface area contributed by atoms with Gasteiger partial charge in [0.25, 0.3) is 0 Å². The first-order valence-electron chi connectivity index (χ1n) is 7.04. The molecule has 0 amide bonds. The van der Waals surface area contributed by atoms with Gasteiger partial charge in [-0.15, -0.1) is 0 Å². The van der Waals surface area contributed by atoms with Gasteiger partial charge in [0.15, 0.2) is 0 Å². The summed E-state index contributed by atoms with van der Waals surface area (Å²) in [6.07, 6.45) is -1.19. The van der Waals surface area contributed by atoms with Gasteiger partial charge in [0.2, 0.25) is 0 Å². The first kappa shape index (κ1) is 16.0. The van der Waals surface area contributed by atoms with Crippen LogP contribution in [-0.2, 0) is 10.9 Å². The highest BCUT2D eigenvalue weighted by molar-refractivity contribution is 6.00. The second-order valence-corrected chi connectivity index (χ2v) is 5.19. The Bertz CT molecular complexity index is 902. The van der Waals surface area contributed by atoms with Gasteiger partial charge in [0.05, 0.1) is 18.2 Å². The zero-order valence-corrected chi connectivity index (χ0v) is 12.6. The van der Waals surface area contributed by atoms with Gasteiger partial charge in [-0.05, 0) is 35.2 Å². The van der Waals surface area contributed by atoms with Crippen LogP contribution in [0.25, 0.3) is 21.9 Å². The molecule has 2 aromatic carbocycles. The molecule has 3 nitrogen and oxygen atoms in total. The summed E-state index contributed by atoms with van der Waals surface area (Å²) in [4.78, 5) is 15.7. The highest BCUT2D eigenvalue weighted by Crippen LogP contribution is 2.33. The fourth-order valence-corrected chi connectivity index (χ4v) is 2.49. The number of nitrogens with zero attached hydrogens (tertiary/aromatic N) is 1. The van der Waals surface area contributed by atoms with E-state index >= 15 is 0 Å². The van der Waals surface area contributed by atoms with Crippen LogP contribution in [0.3, 0.4) is 0 Å². The molecular formula is C18H12F3NO2. The SMILES string of the molecule is COC(=O)c1ccc2c(-c3ccc(C(F)(F)F)cc3)cncc2c1. The van der Waals surface area contributed by atoms with Crippen molar-refractivity contribution < 1.29 is 22.7 Å². The number of rotatable bonds is 2. The third kappa shape index (κ3) is 2.95. The molecule has 0 radical (unpaired) electrons. The van der Waals surface area contributed by atoms with Crippen molar-refractivity contribution in [3.8, 4) is 11.1 Å². The minimum atomic E-state index is -4.37. The fraction of sp³-hybridized carbons (Fsp3) is 0.111. The number of alkyl halides is 3. The van der Waals surface area contributed by atoms with Gasteiger partial charge >= 0.3 is 12.1 Å². The number of fused-ring (bicyclic) bond motifs is 1. The zero-order valence-electron chi connectivity index (χ0n) is 12.6. The van der Waals surface area contributed by atoms with Gasteiger partial charge in [-0.1, -0.05) is 18.2 Å². The van der Waals surface area contributed by atoms with E-state index in [0.29, 0.717) is 22.1 Å². The Kier molecular flexibility index (Phi) is 3.97. The number of methoxy groups -OCH3 is 1. The molecule has 1 aromatic heterocycles. The maximum Gasteiger partial charge on any atom is 0.416 e. The molecule has 0 aliphatic carbocycles. The zero-order chi connectivity index (χ0) is 17.3. The van der Waals surface area contributed by atoms with Crippen molar-refractivity contribution >= 4 is 16.7 Å². The van der Waals surface area contributed by atoms with Crippen molar-refractivity contribution in [2.45, 2.75) is 6.18 Å². The maximum atomic E-state index is 12.7. The van der Waals surface area contributed by atoms with Crippen molar-refractivity contribution in [2.75, 3.05) is 7.11 Å². The van der Waals surface area contributed by atoms with Crippen LogP contribution in [0, 0.1) is 0 Å². The summed E-state index contributed by atoms with van der Waals surface area (Å²) < 4.78 is 42.7. The number of carbonyl (C=O) groups excluding carboxylic acids is 1. The largest absolute Gasteiger partial charge is 0.465 e. The molecule has 3 aromatic rings. The molecule has 0 atom stereocenters. The van der Waals surface area contributed by atoms with Crippen molar-refractivity contribution in [1.82, 2.24) is 4.98 Å². The average molecular weight is 331 g/mol. The molecule has 0 bridgehead atoms. The van der Waals surface area contributed by atoms with Crippen LogP contribution >= 0.6 is 0 Å². The van der Waals surface area contributed by atoms with Crippen LogP contribution in [0.1, 0.15) is 15.9 Å². The number of halogens is 3. The van der Waals surface area contributed by atoms with Crippen molar-refractivity contribution in [1.29, 1.82) is 0 Å². The van der Waals surface area contributed by atoms with E-state index in [-0.39, 0.29) is 0 Å². The van der Waals surface area contributed by atoms with Gasteiger partial charge in [0.1, 0.15) is 0 Å². The summed E-state index contributed by atoms with van der Waals surface area (Å²) >= 11 is 0. The number of aromatic nitrogens is 1. The van der Waals surface area contributed by atoms with Crippen LogP contribution in [0.2, 0.25) is 0 Å². The molecule has 0 saturated carbocycles. The minimum absolute atomic E-state index is 0.386. The van der Waals surface area contributed by atoms with E-state index in [1.54, 1.807) is 30.6 Å². The number of hydrogen-bond donors (Lipinski definition) is 0. The number of hydrogen-bond acceptors (Lipinski definition) is 3. The van der Waals surface area contributed by atoms with E-state index in [4.69, 9.17) is 0 Å². The lowest BCUT2D eigenvalue weighted by atomic mass is 9.98. The van der Waals surface area contributed by atoms with Crippen molar-refractivity contribution in [3.05, 3.63) is 66.0 Å². The Morgan fingerprint density at radius 3 is 2.38 bits per heavy atom. The van der Waals surface area contributed by atoms with Gasteiger partial charge in [-0.3, -0.25) is 4.98 Å². The lowest BCUT2D eigenvalue weighted by molar-refractivity contribution is -0.137. The maximum absolute atomic E-state index is 12.7. The van der Waals surface area contributed by atoms with Crippen LogP contribution < -0.4 is 0 Å². The molecule has 1 heterocycles. The first-order chi connectivity index (χ1) is 11.4. The molecule has 24 heavy (non-hydrogen) atoms. The highest BCUT2D eigenvalue weighted by atomic mass is 19.4. The molecule has 0 spiro atoms. The summed E-state index contributed by atoms with van der Waals surface area (Å²) in [7, 11) is 1.30. The summed E-state index contributed by atoms with van der Waals surface area (Å²) in [5, 5.41) is 1.49. The molecule has 0 aliphatic rings. The second-order valence-electron chi connectivity index (χ2n) is 5.19. The summed E-state index contributed by atoms with van der Waals surface area (Å²) in [6.45, 7) is 0. The van der Waals surface area contributed by atoms with Crippen molar-refractivity contribution in [2.24, 2.45) is 0 Å². The second kappa shape index (κ2) is 5.96. The molecule has 0 fully saturated rings. The topological polar surface area (TPSA) is 39.2 Å². The lowest BCUT2D eigenvalue weighted by Crippen LogP contribution is -2.04. The summed E-state index contributed by atoms with van der Waals surface area (Å²) in [5.41, 5.74) is 0.994. The predicted octanol–water partition coefficient (Wildman–Crippen LogP) is 4.71. The Balaban J connectivity index is 2.08. The molecule has 122 valence electrons. The number of benzene rings is 2. The summed E-state index contributed by atoms with van der Waals surface area (Å²) in [6, 6.07) is 9.88. The standard InChI is InChI=1S/C18H12F3NO2/c1-24-17(23)12-4-7-15-13(8-12)9-22-10-16(15)11-2-5-14(6-3-11)18(19,20)21/h2-10H,1H3. The molecule has 0 unspecified atom stereocenters. The molecule has 0 N–H and O–H groups in total. The van der Waals surface area contributed by atoms with Crippen LogP contribution in [-0.4, -0.2) is 18.1 Å². The minimum Gasteiger partial charge on any atom is -0.465 e. The predicted molar refractivity (Wildman–Crippen MR) is 83.5 cm³/mol. The number of carbonyl (C=O) groups is 1. The van der Waals surface area contributed by atoms with E-state index in [2.05, 4.69) is 9.72 Å². The Morgan fingerprint density at radius 2 is 1.75 bits per heavy atom. The number of ether oxygens (including phenoxy) is 1. The molecule has 0 aliphatic heterocycles. The van der Waals surface area contributed by atoms with E-state index < -0.39 is 17.7 Å². The van der Waals surface area contributed by atoms with Gasteiger partial charge in [-0.2, -0.15) is 13.2 Å². The quantitative estimate of drug-likeness (QED) is 0.639. The molecule has 6 heteroatoms. The smallest absolute Gasteiger partial charge is 0.416 e. The number of esters is 1. The lowest BCUT2D eigenvalue weighted by Gasteiger charge is -2.10. The van der Waals surface area contributed by atoms with Crippen molar-refractivity contribution in [3.63, 3.8) is 0 Å². The normalized spacial score (nSPS) is 11.5. The fourth-order valence-electron chi connectivity index (χ4n) is 2.49. The van der Waals surface area contributed by atoms with E-state index in [9.17, 15) is 18.0 Å². The van der Waals surface area contributed by atoms with Gasteiger partial charge < -0.3 is 4.74 Å². The monoisotopic (exact) mass is 331 g/mol. The molecular weight excluding hydrogens is 319 g/mol. The van der Waals surface area contributed by atoms with Gasteiger partial charge in [0, 0.05) is 23.3 Å². The summed E-state index contributed by atoms with van der Waals surface area (Å²) in [5.74, 6) is -0.461. The van der Waals surface area contributed by atoms with E-state index in [1.165, 1.54) is 19.2 Å². The first-order valence-corrected chi connectivity index (χ1v) is 7.04. The van der Waals surface area contributed by atoms with Gasteiger partial charge in [-0.25, -0.2) is 4.79 Å². The third-order valence-electron chi connectivity index (χ3n) is 3.70. The Morgan fingerprint density at radius 1 is 1.04 bits per heavy atom. The van der Waals surface area contributed by atoms with Crippen LogP contribution in [0.4, 0.5) is 13.2 Å². The molecule has 3 rings (SSSR count). The highest BCUT2D eigenvalue weighted by Gasteiger charge is 2.30. The van der Waals surface area contributed by atoms with E-state index in [0.717, 1.165) is 17.5 Å².